The van der Waals surface area contributed by atoms with E-state index in [-0.39, 0.29) is 17.5 Å². The molecule has 0 aliphatic heterocycles. The molecule has 1 aromatic heterocycles. The fourth-order valence-electron chi connectivity index (χ4n) is 2.87. The van der Waals surface area contributed by atoms with E-state index in [1.807, 2.05) is 0 Å². The Morgan fingerprint density at radius 2 is 2.03 bits per heavy atom. The molecule has 0 bridgehead atoms. The highest BCUT2D eigenvalue weighted by atomic mass is 32.2. The third-order valence-corrected chi connectivity index (χ3v) is 5.38. The number of hydrogen-bond donors (Lipinski definition) is 1. The van der Waals surface area contributed by atoms with Gasteiger partial charge in [0.2, 0.25) is 11.7 Å². The first kappa shape index (κ1) is 21.3. The van der Waals surface area contributed by atoms with E-state index in [1.165, 1.54) is 0 Å². The summed E-state index contributed by atoms with van der Waals surface area (Å²) in [5.41, 5.74) is -0.0230. The van der Waals surface area contributed by atoms with Crippen molar-refractivity contribution in [2.45, 2.75) is 38.2 Å². The number of nitrogens with zero attached hydrogens (tertiary/aromatic N) is 2. The van der Waals surface area contributed by atoms with Crippen molar-refractivity contribution in [1.82, 2.24) is 15.3 Å². The van der Waals surface area contributed by atoms with Crippen LogP contribution in [0.5, 0.6) is 11.6 Å². The maximum Gasteiger partial charge on any atom is 0.303 e. The molecule has 0 saturated heterocycles. The van der Waals surface area contributed by atoms with Crippen molar-refractivity contribution in [2.75, 3.05) is 12.0 Å². The lowest BCUT2D eigenvalue weighted by atomic mass is 10.1. The number of ether oxygens (including phenoxy) is 1. The number of para-hydroxylation sites is 1. The SMILES string of the molecule is C[S@](=O)CCC(NC(=O)c1cnc(C(C)(F)F)nc1Oc1ccccc1)C1CC1. The van der Waals surface area contributed by atoms with Gasteiger partial charge in [-0.15, -0.1) is 0 Å². The summed E-state index contributed by atoms with van der Waals surface area (Å²) < 4.78 is 44.4. The maximum absolute atomic E-state index is 13.7. The molecule has 1 saturated carbocycles. The van der Waals surface area contributed by atoms with Crippen molar-refractivity contribution in [3.8, 4) is 11.6 Å². The Morgan fingerprint density at radius 1 is 1.34 bits per heavy atom. The van der Waals surface area contributed by atoms with E-state index in [1.54, 1.807) is 36.6 Å². The smallest absolute Gasteiger partial charge is 0.303 e. The summed E-state index contributed by atoms with van der Waals surface area (Å²) in [6.45, 7) is 0.683. The van der Waals surface area contributed by atoms with Crippen LogP contribution in [-0.4, -0.2) is 38.1 Å². The molecule has 1 heterocycles. The zero-order chi connectivity index (χ0) is 21.0. The van der Waals surface area contributed by atoms with Crippen molar-refractivity contribution in [3.63, 3.8) is 0 Å². The van der Waals surface area contributed by atoms with Gasteiger partial charge in [0.25, 0.3) is 5.91 Å². The Bertz CT molecular complexity index is 886. The molecule has 3 rings (SSSR count). The van der Waals surface area contributed by atoms with Crippen LogP contribution in [0.2, 0.25) is 0 Å². The summed E-state index contributed by atoms with van der Waals surface area (Å²) in [6.07, 6.45) is 5.25. The van der Waals surface area contributed by atoms with E-state index < -0.39 is 28.5 Å². The third kappa shape index (κ3) is 6.03. The first-order valence-electron chi connectivity index (χ1n) is 9.33. The van der Waals surface area contributed by atoms with Gasteiger partial charge in [0.1, 0.15) is 11.3 Å². The van der Waals surface area contributed by atoms with Gasteiger partial charge in [-0.2, -0.15) is 13.8 Å². The second-order valence-electron chi connectivity index (χ2n) is 7.20. The number of alkyl halides is 2. The third-order valence-electron chi connectivity index (χ3n) is 4.57. The zero-order valence-corrected chi connectivity index (χ0v) is 17.0. The van der Waals surface area contributed by atoms with Crippen molar-refractivity contribution in [1.29, 1.82) is 0 Å². The first-order chi connectivity index (χ1) is 13.7. The number of hydrogen-bond acceptors (Lipinski definition) is 5. The molecule has 156 valence electrons. The molecule has 1 unspecified atom stereocenters. The molecule has 0 radical (unpaired) electrons. The van der Waals surface area contributed by atoms with E-state index >= 15 is 0 Å². The van der Waals surface area contributed by atoms with Crippen LogP contribution in [0.4, 0.5) is 8.78 Å². The fourth-order valence-corrected chi connectivity index (χ4v) is 3.46. The number of amides is 1. The van der Waals surface area contributed by atoms with Gasteiger partial charge in [-0.1, -0.05) is 18.2 Å². The molecule has 29 heavy (non-hydrogen) atoms. The average molecular weight is 423 g/mol. The van der Waals surface area contributed by atoms with Gasteiger partial charge in [-0.3, -0.25) is 9.00 Å². The number of carbonyl (C=O) groups excluding carboxylic acids is 1. The lowest BCUT2D eigenvalue weighted by molar-refractivity contribution is 0.00707. The van der Waals surface area contributed by atoms with E-state index in [2.05, 4.69) is 15.3 Å². The van der Waals surface area contributed by atoms with E-state index in [9.17, 15) is 17.8 Å². The van der Waals surface area contributed by atoms with Crippen LogP contribution in [0.25, 0.3) is 0 Å². The minimum absolute atomic E-state index is 0.0230. The molecule has 1 aromatic carbocycles. The predicted molar refractivity (Wildman–Crippen MR) is 106 cm³/mol. The second kappa shape index (κ2) is 8.94. The number of rotatable bonds is 9. The van der Waals surface area contributed by atoms with Crippen molar-refractivity contribution in [3.05, 3.63) is 47.9 Å². The van der Waals surface area contributed by atoms with Gasteiger partial charge >= 0.3 is 5.92 Å². The molecule has 1 amide bonds. The molecule has 2 aromatic rings. The first-order valence-corrected chi connectivity index (χ1v) is 11.1. The number of nitrogens with one attached hydrogen (secondary N) is 1. The summed E-state index contributed by atoms with van der Waals surface area (Å²) in [6, 6.07) is 8.36. The van der Waals surface area contributed by atoms with Gasteiger partial charge in [-0.25, -0.2) is 4.98 Å². The lowest BCUT2D eigenvalue weighted by Gasteiger charge is -2.19. The molecule has 1 aliphatic rings. The van der Waals surface area contributed by atoms with Crippen LogP contribution in [-0.2, 0) is 16.7 Å². The summed E-state index contributed by atoms with van der Waals surface area (Å²) in [7, 11) is -0.962. The molecule has 0 spiro atoms. The maximum atomic E-state index is 13.7. The van der Waals surface area contributed by atoms with Crippen molar-refractivity contribution < 1.29 is 22.5 Å². The fraction of sp³-hybridized carbons (Fsp3) is 0.450. The molecule has 6 nitrogen and oxygen atoms in total. The summed E-state index contributed by atoms with van der Waals surface area (Å²) in [5.74, 6) is -3.54. The predicted octanol–water partition coefficient (Wildman–Crippen LogP) is 3.66. The van der Waals surface area contributed by atoms with Gasteiger partial charge in [-0.05, 0) is 37.3 Å². The van der Waals surface area contributed by atoms with E-state index in [0.717, 1.165) is 19.0 Å². The molecule has 1 aliphatic carbocycles. The van der Waals surface area contributed by atoms with Crippen LogP contribution < -0.4 is 10.1 Å². The number of carbonyl (C=O) groups is 1. The molecule has 2 atom stereocenters. The monoisotopic (exact) mass is 423 g/mol. The van der Waals surface area contributed by atoms with Gasteiger partial charge in [0, 0.05) is 42.0 Å². The molecule has 1 fully saturated rings. The van der Waals surface area contributed by atoms with Gasteiger partial charge in [0.15, 0.2) is 0 Å². The number of aromatic nitrogens is 2. The van der Waals surface area contributed by atoms with Crippen LogP contribution in [0.15, 0.2) is 36.5 Å². The number of benzene rings is 1. The van der Waals surface area contributed by atoms with E-state index in [4.69, 9.17) is 4.74 Å². The standard InChI is InChI=1S/C20H23F2N3O3S/c1-20(21,22)19-23-12-15(18(25-19)28-14-6-4-3-5-7-14)17(26)24-16(13-8-9-13)10-11-29(2)27/h3-7,12-13,16H,8-11H2,1-2H3,(H,24,26)/t16?,29-/m0/s1. The Labute approximate surface area is 170 Å². The zero-order valence-electron chi connectivity index (χ0n) is 16.2. The molecule has 9 heteroatoms. The summed E-state index contributed by atoms with van der Waals surface area (Å²) >= 11 is 0. The Kier molecular flexibility index (Phi) is 6.56. The molecular weight excluding hydrogens is 400 g/mol. The Hall–Kier alpha value is -2.42. The quantitative estimate of drug-likeness (QED) is 0.666. The topological polar surface area (TPSA) is 81.2 Å². The van der Waals surface area contributed by atoms with Gasteiger partial charge in [0.05, 0.1) is 0 Å². The Morgan fingerprint density at radius 3 is 2.62 bits per heavy atom. The van der Waals surface area contributed by atoms with Crippen molar-refractivity contribution in [2.24, 2.45) is 5.92 Å². The summed E-state index contributed by atoms with van der Waals surface area (Å²) in [4.78, 5) is 20.3. The highest BCUT2D eigenvalue weighted by Crippen LogP contribution is 2.35. The van der Waals surface area contributed by atoms with Crippen LogP contribution in [0.1, 0.15) is 42.4 Å². The largest absolute Gasteiger partial charge is 0.438 e. The summed E-state index contributed by atoms with van der Waals surface area (Å²) in [5, 5.41) is 2.91. The van der Waals surface area contributed by atoms with E-state index in [0.29, 0.717) is 30.8 Å². The highest BCUT2D eigenvalue weighted by molar-refractivity contribution is 7.84. The minimum Gasteiger partial charge on any atom is -0.438 e. The highest BCUT2D eigenvalue weighted by Gasteiger charge is 2.34. The Balaban J connectivity index is 1.85. The van der Waals surface area contributed by atoms with Crippen LogP contribution in [0, 0.1) is 5.92 Å². The number of halogens is 2. The average Bonchev–Trinajstić information content (AvgIpc) is 3.50. The molecule has 1 N–H and O–H groups in total. The van der Waals surface area contributed by atoms with Crippen molar-refractivity contribution >= 4 is 16.7 Å². The lowest BCUT2D eigenvalue weighted by Crippen LogP contribution is -2.37. The van der Waals surface area contributed by atoms with Crippen LogP contribution >= 0.6 is 0 Å². The molecular formula is C20H23F2N3O3S. The van der Waals surface area contributed by atoms with Gasteiger partial charge < -0.3 is 10.1 Å². The minimum atomic E-state index is -3.27. The normalized spacial score (nSPS) is 16.1. The second-order valence-corrected chi connectivity index (χ2v) is 8.75. The van der Waals surface area contributed by atoms with Crippen LogP contribution in [0.3, 0.4) is 0 Å².